The molecule has 1 aromatic carbocycles. The third kappa shape index (κ3) is 10.3. The normalized spacial score (nSPS) is 15.9. The number of methoxy groups -OCH3 is 3. The van der Waals surface area contributed by atoms with Gasteiger partial charge in [-0.3, -0.25) is 4.79 Å². The van der Waals surface area contributed by atoms with Gasteiger partial charge < -0.3 is 44.7 Å². The molecule has 0 aromatic heterocycles. The third-order valence-electron chi connectivity index (χ3n) is 5.25. The largest absolute Gasteiger partial charge is 0.493 e. The number of rotatable bonds is 8. The summed E-state index contributed by atoms with van der Waals surface area (Å²) in [4.78, 5) is 47.6. The van der Waals surface area contributed by atoms with E-state index in [1.54, 1.807) is 12.1 Å². The number of piperidine rings is 1. The lowest BCUT2D eigenvalue weighted by molar-refractivity contribution is -0.192. The maximum absolute atomic E-state index is 12.9. The zero-order chi connectivity index (χ0) is 30.8. The molecular formula is C24H34F3N3O10. The Hall–Kier alpha value is -3.95. The van der Waals surface area contributed by atoms with Crippen LogP contribution in [-0.4, -0.2) is 92.4 Å². The summed E-state index contributed by atoms with van der Waals surface area (Å²) in [5.74, 6) is -2.68. The van der Waals surface area contributed by atoms with Gasteiger partial charge in [0, 0.05) is 31.6 Å². The number of nitrogens with zero attached hydrogens (tertiary/aromatic N) is 1. The fraction of sp³-hybridized carbons (Fsp3) is 0.583. The molecule has 4 N–H and O–H groups in total. The van der Waals surface area contributed by atoms with E-state index in [-0.39, 0.29) is 18.5 Å². The van der Waals surface area contributed by atoms with Crippen molar-refractivity contribution in [2.75, 3.05) is 34.4 Å². The smallest absolute Gasteiger partial charge is 0.490 e. The maximum Gasteiger partial charge on any atom is 0.490 e. The summed E-state index contributed by atoms with van der Waals surface area (Å²) < 4.78 is 57.9. The summed E-state index contributed by atoms with van der Waals surface area (Å²) in [7, 11) is 4.42. The molecule has 1 heterocycles. The van der Waals surface area contributed by atoms with Gasteiger partial charge in [0.25, 0.3) is 5.91 Å². The van der Waals surface area contributed by atoms with E-state index in [2.05, 4.69) is 5.32 Å². The van der Waals surface area contributed by atoms with Gasteiger partial charge in [-0.15, -0.1) is 0 Å². The number of carbonyl (C=O) groups is 4. The highest BCUT2D eigenvalue weighted by Gasteiger charge is 2.38. The van der Waals surface area contributed by atoms with Gasteiger partial charge in [-0.05, 0) is 38.8 Å². The lowest BCUT2D eigenvalue weighted by atomic mass is 10.1. The van der Waals surface area contributed by atoms with Crippen LogP contribution in [0.15, 0.2) is 12.1 Å². The standard InChI is InChI=1S/C22H33N3O8.C2HF3O2/c1-13(32-20(27)22(2,3)23)33-21(28)25-9-7-8-15(12-25)24-19(26)14-10-16(29-4)18(31-6)17(11-14)30-5;3-2(4,5)1(6)7/h10-11,13,15H,7-9,12,23H2,1-6H3,(H,24,26);(H,6,7). The van der Waals surface area contributed by atoms with Crippen molar-refractivity contribution in [3.63, 3.8) is 0 Å². The number of alkyl halides is 3. The molecule has 1 aliphatic heterocycles. The lowest BCUT2D eigenvalue weighted by Gasteiger charge is -2.33. The summed E-state index contributed by atoms with van der Waals surface area (Å²) in [5, 5.41) is 10.0. The molecule has 0 saturated carbocycles. The van der Waals surface area contributed by atoms with E-state index in [0.29, 0.717) is 42.2 Å². The van der Waals surface area contributed by atoms with Crippen LogP contribution in [0.4, 0.5) is 18.0 Å². The molecule has 16 heteroatoms. The van der Waals surface area contributed by atoms with Crippen molar-refractivity contribution in [1.29, 1.82) is 0 Å². The van der Waals surface area contributed by atoms with Crippen LogP contribution in [0.1, 0.15) is 44.0 Å². The molecular weight excluding hydrogens is 547 g/mol. The number of hydrogen-bond acceptors (Lipinski definition) is 10. The second-order valence-corrected chi connectivity index (χ2v) is 9.05. The molecule has 1 saturated heterocycles. The first-order valence-electron chi connectivity index (χ1n) is 11.8. The second-order valence-electron chi connectivity index (χ2n) is 9.05. The summed E-state index contributed by atoms with van der Waals surface area (Å²) >= 11 is 0. The molecule has 2 unspecified atom stereocenters. The summed E-state index contributed by atoms with van der Waals surface area (Å²) in [6.07, 6.45) is -5.47. The van der Waals surface area contributed by atoms with Crippen LogP contribution in [0, 0.1) is 0 Å². The van der Waals surface area contributed by atoms with Gasteiger partial charge >= 0.3 is 24.2 Å². The van der Waals surface area contributed by atoms with Crippen molar-refractivity contribution in [3.8, 4) is 17.2 Å². The number of ether oxygens (including phenoxy) is 5. The van der Waals surface area contributed by atoms with Gasteiger partial charge in [0.1, 0.15) is 5.54 Å². The van der Waals surface area contributed by atoms with Gasteiger partial charge in [-0.25, -0.2) is 14.4 Å². The first-order chi connectivity index (χ1) is 18.4. The molecule has 1 fully saturated rings. The van der Waals surface area contributed by atoms with Crippen molar-refractivity contribution < 1.29 is 61.1 Å². The van der Waals surface area contributed by atoms with E-state index in [9.17, 15) is 27.6 Å². The number of nitrogens with two attached hydrogens (primary N) is 1. The fourth-order valence-corrected chi connectivity index (χ4v) is 3.28. The first-order valence-corrected chi connectivity index (χ1v) is 11.8. The van der Waals surface area contributed by atoms with E-state index in [4.69, 9.17) is 39.3 Å². The topological polar surface area (TPSA) is 176 Å². The average molecular weight is 582 g/mol. The van der Waals surface area contributed by atoms with Crippen LogP contribution in [0.2, 0.25) is 0 Å². The van der Waals surface area contributed by atoms with E-state index >= 15 is 0 Å². The van der Waals surface area contributed by atoms with Crippen LogP contribution in [0.25, 0.3) is 0 Å². The van der Waals surface area contributed by atoms with Crippen molar-refractivity contribution in [3.05, 3.63) is 17.7 Å². The predicted molar refractivity (Wildman–Crippen MR) is 132 cm³/mol. The van der Waals surface area contributed by atoms with Crippen LogP contribution in [0.3, 0.4) is 0 Å². The number of aliphatic carboxylic acids is 1. The molecule has 2 atom stereocenters. The van der Waals surface area contributed by atoms with E-state index in [1.807, 2.05) is 0 Å². The number of carbonyl (C=O) groups excluding carboxylic acids is 3. The first kappa shape index (κ1) is 34.1. The Morgan fingerprint density at radius 3 is 2.00 bits per heavy atom. The van der Waals surface area contributed by atoms with Crippen molar-refractivity contribution in [2.45, 2.75) is 57.7 Å². The second kappa shape index (κ2) is 14.4. The number of hydrogen-bond donors (Lipinski definition) is 3. The highest BCUT2D eigenvalue weighted by atomic mass is 19.4. The van der Waals surface area contributed by atoms with Gasteiger partial charge in [0.2, 0.25) is 12.0 Å². The number of likely N-dealkylation sites (tertiary alicyclic amines) is 1. The van der Waals surface area contributed by atoms with Gasteiger partial charge in [-0.2, -0.15) is 13.2 Å². The van der Waals surface area contributed by atoms with E-state index in [1.165, 1.54) is 47.0 Å². The molecule has 1 aromatic rings. The molecule has 13 nitrogen and oxygen atoms in total. The predicted octanol–water partition coefficient (Wildman–Crippen LogP) is 2.30. The Labute approximate surface area is 228 Å². The van der Waals surface area contributed by atoms with Crippen LogP contribution >= 0.6 is 0 Å². The third-order valence-corrected chi connectivity index (χ3v) is 5.25. The number of amides is 2. The summed E-state index contributed by atoms with van der Waals surface area (Å²) in [6, 6.07) is 2.82. The fourth-order valence-electron chi connectivity index (χ4n) is 3.28. The minimum Gasteiger partial charge on any atom is -0.493 e. The average Bonchev–Trinajstić information content (AvgIpc) is 2.86. The number of halogens is 3. The van der Waals surface area contributed by atoms with Crippen LogP contribution in [-0.2, 0) is 19.1 Å². The Morgan fingerprint density at radius 2 is 1.57 bits per heavy atom. The maximum atomic E-state index is 12.9. The quantitative estimate of drug-likeness (QED) is 0.303. The minimum absolute atomic E-state index is 0.248. The van der Waals surface area contributed by atoms with Crippen molar-refractivity contribution in [2.24, 2.45) is 5.73 Å². The lowest BCUT2D eigenvalue weighted by Crippen LogP contribution is -2.50. The number of carboxylic acid groups (broad SMARTS) is 1. The number of esters is 1. The van der Waals surface area contributed by atoms with E-state index in [0.717, 1.165) is 0 Å². The molecule has 0 radical (unpaired) electrons. The van der Waals surface area contributed by atoms with Crippen molar-refractivity contribution in [1.82, 2.24) is 10.2 Å². The molecule has 226 valence electrons. The Balaban J connectivity index is 0.00000101. The summed E-state index contributed by atoms with van der Waals surface area (Å²) in [5.41, 5.74) is 4.81. The highest BCUT2D eigenvalue weighted by molar-refractivity contribution is 5.96. The molecule has 0 bridgehead atoms. The monoisotopic (exact) mass is 581 g/mol. The number of benzene rings is 1. The Morgan fingerprint density at radius 1 is 1.05 bits per heavy atom. The van der Waals surface area contributed by atoms with Crippen LogP contribution in [0.5, 0.6) is 17.2 Å². The van der Waals surface area contributed by atoms with Gasteiger partial charge in [0.05, 0.1) is 21.3 Å². The van der Waals surface area contributed by atoms with Gasteiger partial charge in [0.15, 0.2) is 11.5 Å². The van der Waals surface area contributed by atoms with Gasteiger partial charge in [-0.1, -0.05) is 0 Å². The Bertz CT molecular complexity index is 1030. The zero-order valence-corrected chi connectivity index (χ0v) is 22.9. The molecule has 40 heavy (non-hydrogen) atoms. The Kier molecular flexibility index (Phi) is 12.3. The molecule has 0 spiro atoms. The molecule has 2 amide bonds. The van der Waals surface area contributed by atoms with E-state index < -0.39 is 36.0 Å². The number of carboxylic acids is 1. The SMILES string of the molecule is COc1cc(C(=O)NC2CCCN(C(=O)OC(C)OC(=O)C(C)(C)N)C2)cc(OC)c1OC.O=C(O)C(F)(F)F. The number of nitrogens with one attached hydrogen (secondary N) is 1. The summed E-state index contributed by atoms with van der Waals surface area (Å²) in [6.45, 7) is 5.14. The van der Waals surface area contributed by atoms with Crippen molar-refractivity contribution >= 4 is 23.9 Å². The van der Waals surface area contributed by atoms with Crippen LogP contribution < -0.4 is 25.3 Å². The zero-order valence-electron chi connectivity index (χ0n) is 22.9. The minimum atomic E-state index is -5.08. The molecule has 2 rings (SSSR count). The molecule has 1 aliphatic rings. The molecule has 0 aliphatic carbocycles. The highest BCUT2D eigenvalue weighted by Crippen LogP contribution is 2.38.